The minimum Gasteiger partial charge on any atom is -0.391 e. The van der Waals surface area contributed by atoms with Gasteiger partial charge in [-0.1, -0.05) is 0 Å². The van der Waals surface area contributed by atoms with Crippen molar-refractivity contribution in [3.05, 3.63) is 16.3 Å². The highest BCUT2D eigenvalue weighted by Gasteiger charge is 2.26. The van der Waals surface area contributed by atoms with Gasteiger partial charge in [0, 0.05) is 17.8 Å². The molecule has 0 radical (unpaired) electrons. The average Bonchev–Trinajstić information content (AvgIpc) is 2.75. The van der Waals surface area contributed by atoms with Crippen LogP contribution in [0.4, 0.5) is 13.2 Å². The Labute approximate surface area is 113 Å². The first-order valence-corrected chi connectivity index (χ1v) is 7.86. The number of rotatable bonds is 7. The minimum atomic E-state index is -4.21. The molecule has 0 fully saturated rings. The molecule has 19 heavy (non-hydrogen) atoms. The fraction of sp³-hybridized carbons (Fsp3) is 0.600. The van der Waals surface area contributed by atoms with Crippen LogP contribution in [-0.4, -0.2) is 26.2 Å². The van der Waals surface area contributed by atoms with E-state index in [-0.39, 0.29) is 30.9 Å². The molecule has 0 aliphatic heterocycles. The maximum absolute atomic E-state index is 11.9. The molecule has 0 unspecified atom stereocenters. The standard InChI is InChI=1S/C10H14F3NO3S2/c11-10(12,13)4-1-2-5-14-19(16,17)9-3-6-18-8(9)7-15/h3,6,14-15H,1-2,4-5,7H2. The molecular weight excluding hydrogens is 303 g/mol. The topological polar surface area (TPSA) is 66.4 Å². The van der Waals surface area contributed by atoms with Gasteiger partial charge in [-0.3, -0.25) is 0 Å². The molecule has 1 aromatic rings. The Morgan fingerprint density at radius 3 is 2.58 bits per heavy atom. The number of halogens is 3. The number of aliphatic hydroxyl groups excluding tert-OH is 1. The minimum absolute atomic E-state index is 0.0178. The Balaban J connectivity index is 2.44. The molecule has 1 rings (SSSR count). The molecule has 1 aromatic heterocycles. The summed E-state index contributed by atoms with van der Waals surface area (Å²) in [4.78, 5) is 0.290. The van der Waals surface area contributed by atoms with Crippen LogP contribution < -0.4 is 4.72 Å². The number of unbranched alkanes of at least 4 members (excludes halogenated alkanes) is 1. The van der Waals surface area contributed by atoms with E-state index in [1.54, 1.807) is 0 Å². The van der Waals surface area contributed by atoms with Gasteiger partial charge in [-0.25, -0.2) is 13.1 Å². The lowest BCUT2D eigenvalue weighted by Crippen LogP contribution is -2.25. The fourth-order valence-electron chi connectivity index (χ4n) is 1.42. The van der Waals surface area contributed by atoms with Crippen LogP contribution in [0.5, 0.6) is 0 Å². The Hall–Kier alpha value is -0.640. The third kappa shape index (κ3) is 5.47. The van der Waals surface area contributed by atoms with Gasteiger partial charge in [-0.05, 0) is 24.3 Å². The van der Waals surface area contributed by atoms with Crippen LogP contribution in [-0.2, 0) is 16.6 Å². The molecule has 0 atom stereocenters. The summed E-state index contributed by atoms with van der Waals surface area (Å²) in [6.07, 6.45) is -5.15. The first-order chi connectivity index (χ1) is 8.76. The molecule has 0 aromatic carbocycles. The van der Waals surface area contributed by atoms with Gasteiger partial charge >= 0.3 is 6.18 Å². The molecule has 110 valence electrons. The smallest absolute Gasteiger partial charge is 0.389 e. The first-order valence-electron chi connectivity index (χ1n) is 5.50. The predicted octanol–water partition coefficient (Wildman–Crippen LogP) is 2.25. The maximum atomic E-state index is 11.9. The van der Waals surface area contributed by atoms with Gasteiger partial charge in [0.05, 0.1) is 11.5 Å². The van der Waals surface area contributed by atoms with E-state index in [0.29, 0.717) is 4.88 Å². The summed E-state index contributed by atoms with van der Waals surface area (Å²) < 4.78 is 61.4. The number of hydrogen-bond acceptors (Lipinski definition) is 4. The normalized spacial score (nSPS) is 12.8. The second kappa shape index (κ2) is 6.69. The van der Waals surface area contributed by atoms with Crippen molar-refractivity contribution in [3.63, 3.8) is 0 Å². The molecule has 0 spiro atoms. The Bertz CT molecular complexity index is 496. The number of alkyl halides is 3. The zero-order valence-corrected chi connectivity index (χ0v) is 11.5. The number of nitrogens with one attached hydrogen (secondary N) is 1. The van der Waals surface area contributed by atoms with Crippen molar-refractivity contribution in [1.29, 1.82) is 0 Å². The van der Waals surface area contributed by atoms with Crippen LogP contribution in [0, 0.1) is 0 Å². The van der Waals surface area contributed by atoms with Crippen molar-refractivity contribution in [3.8, 4) is 0 Å². The second-order valence-corrected chi connectivity index (χ2v) is 6.57. The molecule has 0 bridgehead atoms. The molecule has 0 aliphatic rings. The van der Waals surface area contributed by atoms with Crippen LogP contribution in [0.1, 0.15) is 24.1 Å². The summed E-state index contributed by atoms with van der Waals surface area (Å²) in [5, 5.41) is 10.5. The van der Waals surface area contributed by atoms with Gasteiger partial charge in [-0.2, -0.15) is 13.2 Å². The van der Waals surface area contributed by atoms with Gasteiger partial charge in [0.1, 0.15) is 0 Å². The van der Waals surface area contributed by atoms with E-state index in [9.17, 15) is 21.6 Å². The van der Waals surface area contributed by atoms with E-state index in [4.69, 9.17) is 5.11 Å². The zero-order chi connectivity index (χ0) is 14.5. The highest BCUT2D eigenvalue weighted by atomic mass is 32.2. The van der Waals surface area contributed by atoms with Crippen molar-refractivity contribution in [2.75, 3.05) is 6.54 Å². The average molecular weight is 317 g/mol. The second-order valence-electron chi connectivity index (χ2n) is 3.84. The van der Waals surface area contributed by atoms with E-state index < -0.39 is 22.6 Å². The molecule has 4 nitrogen and oxygen atoms in total. The Morgan fingerprint density at radius 2 is 2.00 bits per heavy atom. The largest absolute Gasteiger partial charge is 0.391 e. The van der Waals surface area contributed by atoms with Crippen LogP contribution in [0.3, 0.4) is 0 Å². The summed E-state index contributed by atoms with van der Waals surface area (Å²) in [6.45, 7) is -0.443. The highest BCUT2D eigenvalue weighted by molar-refractivity contribution is 7.89. The van der Waals surface area contributed by atoms with Crippen LogP contribution in [0.25, 0.3) is 0 Å². The highest BCUT2D eigenvalue weighted by Crippen LogP contribution is 2.23. The van der Waals surface area contributed by atoms with E-state index in [1.165, 1.54) is 11.4 Å². The lowest BCUT2D eigenvalue weighted by atomic mass is 10.2. The lowest BCUT2D eigenvalue weighted by molar-refractivity contribution is -0.135. The van der Waals surface area contributed by atoms with Gasteiger partial charge < -0.3 is 5.11 Å². The van der Waals surface area contributed by atoms with Gasteiger partial charge in [-0.15, -0.1) is 11.3 Å². The first kappa shape index (κ1) is 16.4. The van der Waals surface area contributed by atoms with E-state index in [1.807, 2.05) is 0 Å². The quantitative estimate of drug-likeness (QED) is 0.758. The van der Waals surface area contributed by atoms with Gasteiger partial charge in [0.2, 0.25) is 10.0 Å². The third-order valence-electron chi connectivity index (χ3n) is 2.32. The zero-order valence-electron chi connectivity index (χ0n) is 9.90. The van der Waals surface area contributed by atoms with Gasteiger partial charge in [0.25, 0.3) is 0 Å². The van der Waals surface area contributed by atoms with Crippen molar-refractivity contribution in [2.24, 2.45) is 0 Å². The number of thiophene rings is 1. The summed E-state index contributed by atoms with van der Waals surface area (Å²) in [7, 11) is -3.76. The lowest BCUT2D eigenvalue weighted by Gasteiger charge is -2.08. The summed E-state index contributed by atoms with van der Waals surface area (Å²) in [5.74, 6) is 0. The van der Waals surface area contributed by atoms with Crippen molar-refractivity contribution in [1.82, 2.24) is 4.72 Å². The van der Waals surface area contributed by atoms with Crippen molar-refractivity contribution in [2.45, 2.75) is 36.9 Å². The Morgan fingerprint density at radius 1 is 1.32 bits per heavy atom. The van der Waals surface area contributed by atoms with Crippen molar-refractivity contribution >= 4 is 21.4 Å². The SMILES string of the molecule is O=S(=O)(NCCCCC(F)(F)F)c1ccsc1CO. The molecule has 0 amide bonds. The molecule has 0 aliphatic carbocycles. The van der Waals surface area contributed by atoms with Crippen LogP contribution in [0.2, 0.25) is 0 Å². The predicted molar refractivity (Wildman–Crippen MR) is 65.3 cm³/mol. The molecule has 9 heteroatoms. The van der Waals surface area contributed by atoms with Crippen molar-refractivity contribution < 1.29 is 26.7 Å². The molecule has 0 saturated heterocycles. The van der Waals surface area contributed by atoms with E-state index >= 15 is 0 Å². The number of hydrogen-bond donors (Lipinski definition) is 2. The molecule has 0 saturated carbocycles. The molecular formula is C10H14F3NO3S2. The Kier molecular flexibility index (Phi) is 5.78. The van der Waals surface area contributed by atoms with E-state index in [0.717, 1.165) is 11.3 Å². The number of sulfonamides is 1. The summed E-state index contributed by atoms with van der Waals surface area (Å²) >= 11 is 1.11. The molecule has 2 N–H and O–H groups in total. The monoisotopic (exact) mass is 317 g/mol. The number of aliphatic hydroxyl groups is 1. The third-order valence-corrected chi connectivity index (χ3v) is 4.90. The maximum Gasteiger partial charge on any atom is 0.389 e. The summed E-state index contributed by atoms with van der Waals surface area (Å²) in [5.41, 5.74) is 0. The van der Waals surface area contributed by atoms with E-state index in [2.05, 4.69) is 4.72 Å². The summed E-state index contributed by atoms with van der Waals surface area (Å²) in [6, 6.07) is 1.36. The van der Waals surface area contributed by atoms with Crippen LogP contribution >= 0.6 is 11.3 Å². The fourth-order valence-corrected chi connectivity index (χ4v) is 3.79. The van der Waals surface area contributed by atoms with Crippen LogP contribution in [0.15, 0.2) is 16.3 Å². The van der Waals surface area contributed by atoms with Gasteiger partial charge in [0.15, 0.2) is 0 Å². The molecule has 1 heterocycles.